The van der Waals surface area contributed by atoms with Gasteiger partial charge in [-0.15, -0.1) is 11.3 Å². The summed E-state index contributed by atoms with van der Waals surface area (Å²) in [5, 5.41) is 2.02. The predicted octanol–water partition coefficient (Wildman–Crippen LogP) is 4.30. The fourth-order valence-electron chi connectivity index (χ4n) is 4.38. The Balaban J connectivity index is 1.66. The molecule has 30 heavy (non-hydrogen) atoms. The summed E-state index contributed by atoms with van der Waals surface area (Å²) in [6, 6.07) is 8.90. The number of carbonyl (C=O) groups is 1. The molecule has 162 valence electrons. The van der Waals surface area contributed by atoms with E-state index >= 15 is 0 Å². The molecule has 1 unspecified atom stereocenters. The largest absolute Gasteiger partial charge is 0.495 e. The van der Waals surface area contributed by atoms with Gasteiger partial charge in [-0.1, -0.05) is 18.9 Å². The molecule has 1 aromatic carbocycles. The normalized spacial score (nSPS) is 20.8. The number of ether oxygens (including phenoxy) is 1. The first-order chi connectivity index (χ1) is 14.5. The molecule has 0 radical (unpaired) electrons. The Morgan fingerprint density at radius 3 is 2.50 bits per heavy atom. The first-order valence-corrected chi connectivity index (χ1v) is 12.9. The third-order valence-electron chi connectivity index (χ3n) is 5.98. The zero-order chi connectivity index (χ0) is 21.1. The molecule has 1 atom stereocenters. The zero-order valence-electron chi connectivity index (χ0n) is 17.2. The first-order valence-electron chi connectivity index (χ1n) is 10.5. The highest BCUT2D eigenvalue weighted by molar-refractivity contribution is 7.89. The van der Waals surface area contributed by atoms with Crippen molar-refractivity contribution in [2.24, 2.45) is 0 Å². The smallest absolute Gasteiger partial charge is 0.254 e. The van der Waals surface area contributed by atoms with Crippen LogP contribution in [0.3, 0.4) is 0 Å². The third-order valence-corrected chi connectivity index (χ3v) is 8.87. The fourth-order valence-corrected chi connectivity index (χ4v) is 6.96. The summed E-state index contributed by atoms with van der Waals surface area (Å²) in [6.45, 7) is 1.70. The van der Waals surface area contributed by atoms with Gasteiger partial charge in [-0.25, -0.2) is 8.42 Å². The number of hydrogen-bond donors (Lipinski definition) is 0. The molecule has 6 nitrogen and oxygen atoms in total. The Kier molecular flexibility index (Phi) is 6.46. The Hall–Kier alpha value is -1.90. The maximum atomic E-state index is 13.4. The lowest BCUT2D eigenvalue weighted by molar-refractivity contribution is 0.0737. The molecule has 0 bridgehead atoms. The van der Waals surface area contributed by atoms with Crippen LogP contribution in [0.5, 0.6) is 5.75 Å². The predicted molar refractivity (Wildman–Crippen MR) is 118 cm³/mol. The average molecular weight is 449 g/mol. The van der Waals surface area contributed by atoms with Crippen molar-refractivity contribution < 1.29 is 17.9 Å². The van der Waals surface area contributed by atoms with Crippen molar-refractivity contribution in [3.63, 3.8) is 0 Å². The average Bonchev–Trinajstić information content (AvgIpc) is 3.38. The minimum atomic E-state index is -3.72. The number of methoxy groups -OCH3 is 1. The molecule has 2 aromatic rings. The zero-order valence-corrected chi connectivity index (χ0v) is 18.9. The van der Waals surface area contributed by atoms with Gasteiger partial charge in [0.05, 0.1) is 13.2 Å². The lowest BCUT2D eigenvalue weighted by atomic mass is 10.1. The standard InChI is InChI=1S/C22H28N2O4S2/c1-28-19-11-10-17(16-21(19)30(26,27)23-12-4-2-3-5-13-23)22(25)24-14-6-8-18(24)20-9-7-15-29-20/h7,9-11,15-16,18H,2-6,8,12-14H2,1H3. The van der Waals surface area contributed by atoms with E-state index in [1.807, 2.05) is 16.3 Å². The second-order valence-electron chi connectivity index (χ2n) is 7.86. The van der Waals surface area contributed by atoms with Crippen LogP contribution < -0.4 is 4.74 Å². The van der Waals surface area contributed by atoms with E-state index in [4.69, 9.17) is 4.74 Å². The van der Waals surface area contributed by atoms with Crippen molar-refractivity contribution in [2.45, 2.75) is 49.5 Å². The molecule has 2 aliphatic heterocycles. The second kappa shape index (κ2) is 9.08. The molecule has 2 aliphatic rings. The quantitative estimate of drug-likeness (QED) is 0.684. The summed E-state index contributed by atoms with van der Waals surface area (Å²) in [5.74, 6) is 0.160. The van der Waals surface area contributed by atoms with Crippen molar-refractivity contribution in [2.75, 3.05) is 26.7 Å². The van der Waals surface area contributed by atoms with Crippen molar-refractivity contribution in [3.05, 3.63) is 46.2 Å². The minimum Gasteiger partial charge on any atom is -0.495 e. The van der Waals surface area contributed by atoms with Gasteiger partial charge in [0, 0.05) is 30.1 Å². The van der Waals surface area contributed by atoms with Gasteiger partial charge in [0.15, 0.2) is 0 Å². The lowest BCUT2D eigenvalue weighted by Crippen LogP contribution is -2.33. The number of rotatable bonds is 5. The van der Waals surface area contributed by atoms with Crippen LogP contribution in [0.2, 0.25) is 0 Å². The number of carbonyl (C=O) groups excluding carboxylic acids is 1. The topological polar surface area (TPSA) is 66.9 Å². The van der Waals surface area contributed by atoms with Gasteiger partial charge >= 0.3 is 0 Å². The highest BCUT2D eigenvalue weighted by Crippen LogP contribution is 2.36. The lowest BCUT2D eigenvalue weighted by Gasteiger charge is -2.25. The first kappa shape index (κ1) is 21.3. The van der Waals surface area contributed by atoms with E-state index in [0.29, 0.717) is 25.2 Å². The van der Waals surface area contributed by atoms with Gasteiger partial charge in [0.1, 0.15) is 10.6 Å². The Bertz CT molecular complexity index is 981. The number of sulfonamides is 1. The minimum absolute atomic E-state index is 0.0604. The molecular formula is C22H28N2O4S2. The van der Waals surface area contributed by atoms with E-state index in [2.05, 4.69) is 6.07 Å². The highest BCUT2D eigenvalue weighted by Gasteiger charge is 2.33. The Morgan fingerprint density at radius 1 is 1.07 bits per heavy atom. The summed E-state index contributed by atoms with van der Waals surface area (Å²) < 4.78 is 33.7. The van der Waals surface area contributed by atoms with E-state index in [9.17, 15) is 13.2 Å². The Labute approximate surface area is 182 Å². The number of amides is 1. The van der Waals surface area contributed by atoms with Crippen LogP contribution in [0.15, 0.2) is 40.6 Å². The number of nitrogens with zero attached hydrogens (tertiary/aromatic N) is 2. The second-order valence-corrected chi connectivity index (χ2v) is 10.7. The number of likely N-dealkylation sites (tertiary alicyclic amines) is 1. The summed E-state index contributed by atoms with van der Waals surface area (Å²) in [4.78, 5) is 16.5. The molecule has 3 heterocycles. The number of hydrogen-bond acceptors (Lipinski definition) is 5. The van der Waals surface area contributed by atoms with Crippen LogP contribution in [-0.2, 0) is 10.0 Å². The highest BCUT2D eigenvalue weighted by atomic mass is 32.2. The maximum absolute atomic E-state index is 13.4. The van der Waals surface area contributed by atoms with Crippen LogP contribution in [0, 0.1) is 0 Å². The molecule has 0 spiro atoms. The molecule has 0 aliphatic carbocycles. The molecule has 4 rings (SSSR count). The summed E-state index contributed by atoms with van der Waals surface area (Å²) >= 11 is 1.65. The van der Waals surface area contributed by atoms with Crippen LogP contribution in [0.1, 0.15) is 59.8 Å². The summed E-state index contributed by atoms with van der Waals surface area (Å²) in [7, 11) is -2.26. The van der Waals surface area contributed by atoms with Crippen LogP contribution in [-0.4, -0.2) is 50.3 Å². The Morgan fingerprint density at radius 2 is 1.83 bits per heavy atom. The van der Waals surface area contributed by atoms with Crippen molar-refractivity contribution in [1.29, 1.82) is 0 Å². The van der Waals surface area contributed by atoms with Gasteiger partial charge in [0.25, 0.3) is 5.91 Å². The third kappa shape index (κ3) is 4.13. The van der Waals surface area contributed by atoms with Gasteiger partial charge < -0.3 is 9.64 Å². The molecule has 1 aromatic heterocycles. The monoisotopic (exact) mass is 448 g/mol. The van der Waals surface area contributed by atoms with E-state index in [1.54, 1.807) is 23.5 Å². The SMILES string of the molecule is COc1ccc(C(=O)N2CCCC2c2cccs2)cc1S(=O)(=O)N1CCCCCC1. The van der Waals surface area contributed by atoms with Gasteiger partial charge in [-0.3, -0.25) is 4.79 Å². The van der Waals surface area contributed by atoms with E-state index in [-0.39, 0.29) is 22.6 Å². The fraction of sp³-hybridized carbons (Fsp3) is 0.500. The van der Waals surface area contributed by atoms with Crippen molar-refractivity contribution in [1.82, 2.24) is 9.21 Å². The van der Waals surface area contributed by atoms with Crippen molar-refractivity contribution >= 4 is 27.3 Å². The molecular weight excluding hydrogens is 420 g/mol. The summed E-state index contributed by atoms with van der Waals surface area (Å²) in [5.41, 5.74) is 0.396. The van der Waals surface area contributed by atoms with E-state index < -0.39 is 10.0 Å². The molecule has 0 saturated carbocycles. The van der Waals surface area contributed by atoms with E-state index in [0.717, 1.165) is 38.5 Å². The number of benzene rings is 1. The summed E-state index contributed by atoms with van der Waals surface area (Å²) in [6.07, 6.45) is 5.68. The van der Waals surface area contributed by atoms with E-state index in [1.165, 1.54) is 22.4 Å². The van der Waals surface area contributed by atoms with Gasteiger partial charge in [-0.2, -0.15) is 4.31 Å². The van der Waals surface area contributed by atoms with Crippen LogP contribution in [0.4, 0.5) is 0 Å². The van der Waals surface area contributed by atoms with Gasteiger partial charge in [0.2, 0.25) is 10.0 Å². The molecule has 8 heteroatoms. The molecule has 1 amide bonds. The molecule has 2 saturated heterocycles. The van der Waals surface area contributed by atoms with Crippen molar-refractivity contribution in [3.8, 4) is 5.75 Å². The molecule has 2 fully saturated rings. The van der Waals surface area contributed by atoms with Crippen LogP contribution in [0.25, 0.3) is 0 Å². The van der Waals surface area contributed by atoms with Gasteiger partial charge in [-0.05, 0) is 55.3 Å². The molecule has 0 N–H and O–H groups in total. The maximum Gasteiger partial charge on any atom is 0.254 e. The number of thiophene rings is 1. The van der Waals surface area contributed by atoms with Crippen LogP contribution >= 0.6 is 11.3 Å².